The normalized spacial score (nSPS) is 10.9. The van der Waals surface area contributed by atoms with Gasteiger partial charge in [0.15, 0.2) is 0 Å². The highest BCUT2D eigenvalue weighted by atomic mass is 14.8. The SMILES string of the molecule is c1cc2c(ccc3ccncc32)cn1.c1cc2ccc3ccncc3c2cn1.c1ccc2c(c1)ccc1cccnc12.c1ccc2c(c1)ccc1cnccc12.c1ccc2c(c1)ccc1nccnc12.c1ccc2c(c1)ccc1ncncc12.c1cnc2c(c1)ccc1cccnc12.c1cnc2c(c1)ccc1ccncc12.c1cnc2c(c1)ccc1cnccc12.c1cnc2c(c1)ccc1ncccc12. The molecule has 0 aliphatic heterocycles. The fraction of sp³-hybridized carbons (Fsp3) is 0. The topological polar surface area (TPSA) is 232 Å². The van der Waals surface area contributed by atoms with Crippen LogP contribution in [0.4, 0.5) is 0 Å². The van der Waals surface area contributed by atoms with Crippen molar-refractivity contribution in [1.82, 2.24) is 89.7 Å². The van der Waals surface area contributed by atoms with Crippen molar-refractivity contribution in [2.75, 3.05) is 0 Å². The highest BCUT2D eigenvalue weighted by molar-refractivity contribution is 6.13. The second-order valence-electron chi connectivity index (χ2n) is 32.6. The predicted molar refractivity (Wildman–Crippen MR) is 575 cm³/mol. The minimum absolute atomic E-state index is 0.950. The lowest BCUT2D eigenvalue weighted by molar-refractivity contribution is 1.23. The molecule has 18 heteroatoms. The molecule has 0 saturated carbocycles. The molecule has 18 nitrogen and oxygen atoms in total. The van der Waals surface area contributed by atoms with Crippen LogP contribution in [-0.2, 0) is 0 Å². The molecular formula is C122H82N18. The lowest BCUT2D eigenvalue weighted by atomic mass is 10.0. The Labute approximate surface area is 802 Å². The van der Waals surface area contributed by atoms with Crippen LogP contribution in [0.3, 0.4) is 0 Å². The smallest absolute Gasteiger partial charge is 0.116 e. The van der Waals surface area contributed by atoms with Crippen LogP contribution in [0.15, 0.2) is 501 Å². The fourth-order valence-electron chi connectivity index (χ4n) is 17.4. The molecule has 0 aliphatic rings. The second-order valence-corrected chi connectivity index (χ2v) is 32.6. The summed E-state index contributed by atoms with van der Waals surface area (Å²) < 4.78 is 0. The Balaban J connectivity index is 0.0000000924. The molecule has 0 saturated heterocycles. The number of nitrogens with zero attached hydrogens (tertiary/aromatic N) is 18. The summed E-state index contributed by atoms with van der Waals surface area (Å²) in [4.78, 5) is 76.2. The molecule has 0 fully saturated rings. The van der Waals surface area contributed by atoms with Crippen molar-refractivity contribution in [1.29, 1.82) is 0 Å². The average Bonchev–Trinajstić information content (AvgIpc) is 0.855. The average molecular weight is 1800 g/mol. The van der Waals surface area contributed by atoms with Crippen molar-refractivity contribution in [3.05, 3.63) is 501 Å². The summed E-state index contributed by atoms with van der Waals surface area (Å²) in [5.74, 6) is 0. The maximum Gasteiger partial charge on any atom is 0.116 e. The Morgan fingerprint density at radius 3 is 0.814 bits per heavy atom. The van der Waals surface area contributed by atoms with Crippen molar-refractivity contribution in [2.45, 2.75) is 0 Å². The van der Waals surface area contributed by atoms with E-state index in [1.807, 2.05) is 227 Å². The Hall–Kier alpha value is -19.5. The highest BCUT2D eigenvalue weighted by Crippen LogP contribution is 2.32. The molecular weight excluding hydrogens is 1720 g/mol. The summed E-state index contributed by atoms with van der Waals surface area (Å²) in [5, 5.41) is 35.7. The Bertz CT molecular complexity index is 7310. The van der Waals surface area contributed by atoms with E-state index in [2.05, 4.69) is 314 Å². The van der Waals surface area contributed by atoms with Gasteiger partial charge in [0.05, 0.1) is 55.2 Å². The fourth-order valence-corrected chi connectivity index (χ4v) is 17.4. The maximum atomic E-state index is 4.41. The molecule has 0 spiro atoms. The third kappa shape index (κ3) is 19.4. The molecule has 16 aromatic heterocycles. The van der Waals surface area contributed by atoms with Crippen LogP contribution in [0.1, 0.15) is 0 Å². The lowest BCUT2D eigenvalue weighted by Crippen LogP contribution is -1.83. The number of hydrogen-bond donors (Lipinski definition) is 0. The van der Waals surface area contributed by atoms with Crippen molar-refractivity contribution < 1.29 is 0 Å². The van der Waals surface area contributed by atoms with E-state index in [0.717, 1.165) is 125 Å². The quantitative estimate of drug-likeness (QED) is 0.128. The third-order valence-corrected chi connectivity index (χ3v) is 24.2. The molecule has 140 heavy (non-hydrogen) atoms. The zero-order valence-corrected chi connectivity index (χ0v) is 75.4. The Morgan fingerprint density at radius 1 is 0.100 bits per heavy atom. The van der Waals surface area contributed by atoms with Gasteiger partial charge in [-0.1, -0.05) is 237 Å². The van der Waals surface area contributed by atoms with Gasteiger partial charge in [-0.2, -0.15) is 0 Å². The van der Waals surface area contributed by atoms with E-state index in [4.69, 9.17) is 0 Å². The molecule has 14 aromatic carbocycles. The molecule has 0 aliphatic carbocycles. The standard InChI is InChI=1S/2C13H9N.8C12H8N2/c1-2-6-12-10(4-1)7-8-11-5-3-9-14-13(11)12;1-2-4-12-10(3-1)5-6-11-9-14-8-7-13(11)12;1-3-9-5-6-11-10(4-2-7-13-11)12(9)14-8-1;1-3-9-5-6-10-4-2-8-14-12(10)11(9)13-7-1;1-2-10-7-13-6-4-11(10)12-8-14-5-3-9(1)12;1-2-10-4-6-14-8-12(10)11-7-13-5-3-9(1)11;1-2-10-4-3-9-5-7-13-8-11(9)12(10)14-6-1;1-2-9-3-4-10-8-13-7-5-11(10)12(9)14-6-1;1-2-4-10-9(3-1)5-6-12-11(10)7-13-8-14-12;1-2-4-10-9(3-1)5-6-11-12(10)14-8-7-13-11/h2*1-9H;8*1-8H. The second kappa shape index (κ2) is 41.8. The van der Waals surface area contributed by atoms with Crippen molar-refractivity contribution >= 4 is 217 Å². The number of benzene rings is 14. The van der Waals surface area contributed by atoms with Gasteiger partial charge in [-0.15, -0.1) is 0 Å². The van der Waals surface area contributed by atoms with Crippen LogP contribution >= 0.6 is 0 Å². The molecule has 0 N–H and O–H groups in total. The minimum Gasteiger partial charge on any atom is -0.264 e. The van der Waals surface area contributed by atoms with E-state index in [1.165, 1.54) is 91.6 Å². The summed E-state index contributed by atoms with van der Waals surface area (Å²) in [5.41, 5.74) is 10.1. The monoisotopic (exact) mass is 1800 g/mol. The van der Waals surface area contributed by atoms with E-state index in [-0.39, 0.29) is 0 Å². The number of aromatic nitrogens is 18. The van der Waals surface area contributed by atoms with E-state index in [0.29, 0.717) is 0 Å². The van der Waals surface area contributed by atoms with E-state index in [9.17, 15) is 0 Å². The number of hydrogen-bond acceptors (Lipinski definition) is 18. The minimum atomic E-state index is 0.950. The van der Waals surface area contributed by atoms with Gasteiger partial charge in [0.2, 0.25) is 0 Å². The van der Waals surface area contributed by atoms with Crippen LogP contribution in [0.5, 0.6) is 0 Å². The third-order valence-electron chi connectivity index (χ3n) is 24.2. The largest absolute Gasteiger partial charge is 0.264 e. The number of rotatable bonds is 0. The molecule has 0 bridgehead atoms. The molecule has 0 unspecified atom stereocenters. The maximum absolute atomic E-state index is 4.41. The van der Waals surface area contributed by atoms with Gasteiger partial charge >= 0.3 is 0 Å². The molecule has 0 radical (unpaired) electrons. The van der Waals surface area contributed by atoms with Gasteiger partial charge in [-0.05, 0) is 174 Å². The van der Waals surface area contributed by atoms with Gasteiger partial charge in [-0.25, -0.2) is 9.97 Å². The number of pyridine rings is 14. The highest BCUT2D eigenvalue weighted by Gasteiger charge is 2.10. The van der Waals surface area contributed by atoms with Crippen LogP contribution in [0.25, 0.3) is 217 Å². The molecule has 16 heterocycles. The molecule has 30 rings (SSSR count). The summed E-state index contributed by atoms with van der Waals surface area (Å²) in [6.07, 6.45) is 45.5. The Kier molecular flexibility index (Phi) is 26.0. The first-order valence-electron chi connectivity index (χ1n) is 45.5. The van der Waals surface area contributed by atoms with Gasteiger partial charge in [-0.3, -0.25) is 79.7 Å². The first kappa shape index (κ1) is 87.2. The van der Waals surface area contributed by atoms with Crippen molar-refractivity contribution in [3.8, 4) is 0 Å². The predicted octanol–water partition coefficient (Wildman–Crippen LogP) is 29.0. The van der Waals surface area contributed by atoms with Crippen molar-refractivity contribution in [2.24, 2.45) is 0 Å². The Morgan fingerprint density at radius 2 is 0.336 bits per heavy atom. The zero-order chi connectivity index (χ0) is 93.8. The summed E-state index contributed by atoms with van der Waals surface area (Å²) in [6.45, 7) is 0. The van der Waals surface area contributed by atoms with E-state index < -0.39 is 0 Å². The molecule has 30 aromatic rings. The van der Waals surface area contributed by atoms with Crippen LogP contribution < -0.4 is 0 Å². The van der Waals surface area contributed by atoms with Crippen LogP contribution in [0, 0.1) is 0 Å². The summed E-state index contributed by atoms with van der Waals surface area (Å²) in [7, 11) is 0. The summed E-state index contributed by atoms with van der Waals surface area (Å²) in [6, 6.07) is 117. The van der Waals surface area contributed by atoms with E-state index in [1.54, 1.807) is 49.7 Å². The number of fused-ring (bicyclic) bond motifs is 30. The lowest BCUT2D eigenvalue weighted by Gasteiger charge is -2.01. The molecule has 660 valence electrons. The van der Waals surface area contributed by atoms with Gasteiger partial charge in [0.1, 0.15) is 6.33 Å². The molecule has 0 atom stereocenters. The van der Waals surface area contributed by atoms with Gasteiger partial charge in [0.25, 0.3) is 0 Å². The van der Waals surface area contributed by atoms with Crippen LogP contribution in [0.2, 0.25) is 0 Å². The first-order chi connectivity index (χ1) is 69.5. The van der Waals surface area contributed by atoms with Gasteiger partial charge in [0, 0.05) is 246 Å². The van der Waals surface area contributed by atoms with Crippen molar-refractivity contribution in [3.63, 3.8) is 0 Å². The first-order valence-corrected chi connectivity index (χ1v) is 45.5. The zero-order valence-electron chi connectivity index (χ0n) is 75.4. The summed E-state index contributed by atoms with van der Waals surface area (Å²) >= 11 is 0. The van der Waals surface area contributed by atoms with E-state index >= 15 is 0 Å². The van der Waals surface area contributed by atoms with Gasteiger partial charge < -0.3 is 0 Å². The van der Waals surface area contributed by atoms with Crippen LogP contribution in [-0.4, -0.2) is 89.7 Å². The molecule has 0 amide bonds.